The van der Waals surface area contributed by atoms with Crippen LogP contribution in [-0.2, 0) is 10.2 Å². The van der Waals surface area contributed by atoms with Crippen molar-refractivity contribution in [2.75, 3.05) is 39.3 Å². The maximum atomic E-state index is 12.2. The Labute approximate surface area is 109 Å². The van der Waals surface area contributed by atoms with Gasteiger partial charge in [0.05, 0.1) is 0 Å². The maximum Gasteiger partial charge on any atom is 0.279 e. The summed E-state index contributed by atoms with van der Waals surface area (Å²) in [6.45, 7) is 4.58. The van der Waals surface area contributed by atoms with E-state index in [-0.39, 0.29) is 6.04 Å². The molecule has 2 saturated heterocycles. The van der Waals surface area contributed by atoms with Crippen molar-refractivity contribution in [2.24, 2.45) is 0 Å². The molecule has 0 aromatic heterocycles. The lowest BCUT2D eigenvalue weighted by molar-refractivity contribution is 0.318. The van der Waals surface area contributed by atoms with Crippen molar-refractivity contribution in [2.45, 2.75) is 31.3 Å². The normalized spacial score (nSPS) is 31.9. The van der Waals surface area contributed by atoms with Crippen LogP contribution in [0, 0.1) is 0 Å². The molecule has 3 fully saturated rings. The second kappa shape index (κ2) is 5.05. The van der Waals surface area contributed by atoms with Crippen LogP contribution in [0.25, 0.3) is 0 Å². The third kappa shape index (κ3) is 2.85. The molecule has 3 aliphatic rings. The fourth-order valence-electron chi connectivity index (χ4n) is 2.82. The van der Waals surface area contributed by atoms with Crippen LogP contribution >= 0.6 is 0 Å². The van der Waals surface area contributed by atoms with Crippen LogP contribution in [0.3, 0.4) is 0 Å². The van der Waals surface area contributed by atoms with Gasteiger partial charge in [-0.25, -0.2) is 0 Å². The standard InChI is InChI=1S/C11H22N4O2S/c16-18(17,15-7-4-12-5-8-15)13-10-3-6-14(9-10)11-1-2-11/h10-13H,1-9H2. The average Bonchev–Trinajstić information content (AvgIpc) is 3.12. The van der Waals surface area contributed by atoms with E-state index in [1.54, 1.807) is 4.31 Å². The van der Waals surface area contributed by atoms with Crippen molar-refractivity contribution in [1.29, 1.82) is 0 Å². The fourth-order valence-corrected chi connectivity index (χ4v) is 4.25. The van der Waals surface area contributed by atoms with E-state index in [1.165, 1.54) is 12.8 Å². The van der Waals surface area contributed by atoms with Gasteiger partial charge in [0.1, 0.15) is 0 Å². The SMILES string of the molecule is O=S(=O)(NC1CCN(C2CC2)C1)N1CCNCC1. The van der Waals surface area contributed by atoms with E-state index in [9.17, 15) is 8.42 Å². The Morgan fingerprint density at radius 1 is 1.06 bits per heavy atom. The zero-order valence-corrected chi connectivity index (χ0v) is 11.5. The smallest absolute Gasteiger partial charge is 0.279 e. The van der Waals surface area contributed by atoms with Crippen LogP contribution in [0.15, 0.2) is 0 Å². The molecule has 2 heterocycles. The summed E-state index contributed by atoms with van der Waals surface area (Å²) in [7, 11) is -3.28. The first kappa shape index (κ1) is 12.8. The highest BCUT2D eigenvalue weighted by Gasteiger charge is 2.36. The van der Waals surface area contributed by atoms with Gasteiger partial charge in [-0.2, -0.15) is 17.4 Å². The number of likely N-dealkylation sites (tertiary alicyclic amines) is 1. The van der Waals surface area contributed by atoms with Crippen LogP contribution < -0.4 is 10.0 Å². The summed E-state index contributed by atoms with van der Waals surface area (Å²) in [5, 5.41) is 3.17. The zero-order valence-electron chi connectivity index (χ0n) is 10.6. The Morgan fingerprint density at radius 3 is 2.44 bits per heavy atom. The predicted molar refractivity (Wildman–Crippen MR) is 69.5 cm³/mol. The fraction of sp³-hybridized carbons (Fsp3) is 1.00. The number of nitrogens with one attached hydrogen (secondary N) is 2. The minimum atomic E-state index is -3.28. The molecule has 0 spiro atoms. The molecule has 1 saturated carbocycles. The number of nitrogens with zero attached hydrogens (tertiary/aromatic N) is 2. The van der Waals surface area contributed by atoms with Crippen LogP contribution in [0.5, 0.6) is 0 Å². The number of piperazine rings is 1. The molecule has 0 amide bonds. The van der Waals surface area contributed by atoms with E-state index in [0.29, 0.717) is 13.1 Å². The minimum absolute atomic E-state index is 0.102. The quantitative estimate of drug-likeness (QED) is 0.687. The van der Waals surface area contributed by atoms with Crippen molar-refractivity contribution < 1.29 is 8.42 Å². The summed E-state index contributed by atoms with van der Waals surface area (Å²) >= 11 is 0. The lowest BCUT2D eigenvalue weighted by atomic mass is 10.3. The monoisotopic (exact) mass is 274 g/mol. The molecule has 6 nitrogen and oxygen atoms in total. The molecule has 3 rings (SSSR count). The van der Waals surface area contributed by atoms with Gasteiger partial charge in [0.2, 0.25) is 0 Å². The first-order valence-corrected chi connectivity index (χ1v) is 8.31. The van der Waals surface area contributed by atoms with Crippen molar-refractivity contribution in [3.05, 3.63) is 0 Å². The van der Waals surface area contributed by atoms with Gasteiger partial charge in [0, 0.05) is 51.4 Å². The predicted octanol–water partition coefficient (Wildman–Crippen LogP) is -1.04. The largest absolute Gasteiger partial charge is 0.314 e. The summed E-state index contributed by atoms with van der Waals surface area (Å²) in [5.74, 6) is 0. The third-order valence-electron chi connectivity index (χ3n) is 4.01. The van der Waals surface area contributed by atoms with E-state index in [0.717, 1.165) is 38.6 Å². The number of rotatable bonds is 4. The van der Waals surface area contributed by atoms with Crippen molar-refractivity contribution in [1.82, 2.24) is 19.2 Å². The Bertz CT molecular complexity index is 390. The molecule has 1 unspecified atom stereocenters. The molecule has 0 radical (unpaired) electrons. The summed E-state index contributed by atoms with van der Waals surface area (Å²) in [5.41, 5.74) is 0. The highest BCUT2D eigenvalue weighted by atomic mass is 32.2. The van der Waals surface area contributed by atoms with E-state index < -0.39 is 10.2 Å². The van der Waals surface area contributed by atoms with E-state index >= 15 is 0 Å². The van der Waals surface area contributed by atoms with Crippen molar-refractivity contribution in [3.63, 3.8) is 0 Å². The first-order valence-electron chi connectivity index (χ1n) is 6.87. The molecule has 2 aliphatic heterocycles. The Hall–Kier alpha value is -0.210. The highest BCUT2D eigenvalue weighted by Crippen LogP contribution is 2.29. The van der Waals surface area contributed by atoms with Gasteiger partial charge < -0.3 is 5.32 Å². The topological polar surface area (TPSA) is 64.7 Å². The number of hydrogen-bond donors (Lipinski definition) is 2. The van der Waals surface area contributed by atoms with Crippen LogP contribution in [-0.4, -0.2) is 69.0 Å². The molecule has 1 aliphatic carbocycles. The van der Waals surface area contributed by atoms with Gasteiger partial charge in [-0.15, -0.1) is 0 Å². The molecule has 0 aromatic carbocycles. The lowest BCUT2D eigenvalue weighted by Crippen LogP contribution is -2.52. The molecular formula is C11H22N4O2S. The van der Waals surface area contributed by atoms with Crippen molar-refractivity contribution in [3.8, 4) is 0 Å². The molecular weight excluding hydrogens is 252 g/mol. The van der Waals surface area contributed by atoms with Gasteiger partial charge in [-0.05, 0) is 19.3 Å². The number of hydrogen-bond acceptors (Lipinski definition) is 4. The van der Waals surface area contributed by atoms with Crippen LogP contribution in [0.1, 0.15) is 19.3 Å². The van der Waals surface area contributed by atoms with E-state index in [2.05, 4.69) is 14.9 Å². The highest BCUT2D eigenvalue weighted by molar-refractivity contribution is 7.87. The molecule has 2 N–H and O–H groups in total. The molecule has 104 valence electrons. The van der Waals surface area contributed by atoms with Crippen molar-refractivity contribution >= 4 is 10.2 Å². The second-order valence-electron chi connectivity index (χ2n) is 5.48. The summed E-state index contributed by atoms with van der Waals surface area (Å²) in [4.78, 5) is 2.42. The first-order chi connectivity index (χ1) is 8.65. The lowest BCUT2D eigenvalue weighted by Gasteiger charge is -2.28. The molecule has 0 aromatic rings. The molecule has 0 bridgehead atoms. The Kier molecular flexibility index (Phi) is 3.59. The van der Waals surface area contributed by atoms with Gasteiger partial charge in [0.25, 0.3) is 10.2 Å². The third-order valence-corrected chi connectivity index (χ3v) is 5.69. The van der Waals surface area contributed by atoms with Gasteiger partial charge in [0.15, 0.2) is 0 Å². The maximum absolute atomic E-state index is 12.2. The van der Waals surface area contributed by atoms with Crippen LogP contribution in [0.4, 0.5) is 0 Å². The molecule has 1 atom stereocenters. The molecule has 7 heteroatoms. The average molecular weight is 274 g/mol. The summed E-state index contributed by atoms with van der Waals surface area (Å²) < 4.78 is 28.8. The van der Waals surface area contributed by atoms with Gasteiger partial charge in [-0.1, -0.05) is 0 Å². The minimum Gasteiger partial charge on any atom is -0.314 e. The second-order valence-corrected chi connectivity index (χ2v) is 7.19. The Morgan fingerprint density at radius 2 is 1.78 bits per heavy atom. The Balaban J connectivity index is 1.54. The molecule has 18 heavy (non-hydrogen) atoms. The van der Waals surface area contributed by atoms with E-state index in [1.807, 2.05) is 0 Å². The van der Waals surface area contributed by atoms with Gasteiger partial charge >= 0.3 is 0 Å². The summed E-state index contributed by atoms with van der Waals surface area (Å²) in [6, 6.07) is 0.837. The zero-order chi connectivity index (χ0) is 12.6. The summed E-state index contributed by atoms with van der Waals surface area (Å²) in [6.07, 6.45) is 3.52. The van der Waals surface area contributed by atoms with E-state index in [4.69, 9.17) is 0 Å². The van der Waals surface area contributed by atoms with Gasteiger partial charge in [-0.3, -0.25) is 4.90 Å². The van der Waals surface area contributed by atoms with Crippen LogP contribution in [0.2, 0.25) is 0 Å².